The normalized spacial score (nSPS) is 18.0. The van der Waals surface area contributed by atoms with E-state index in [1.165, 1.54) is 11.8 Å². The predicted molar refractivity (Wildman–Crippen MR) is 124 cm³/mol. The molecule has 0 bridgehead atoms. The van der Waals surface area contributed by atoms with Crippen LogP contribution in [-0.4, -0.2) is 46.1 Å². The molecule has 2 aliphatic heterocycles. The molecule has 2 aromatic rings. The highest BCUT2D eigenvalue weighted by Gasteiger charge is 2.41. The fraction of sp³-hybridized carbons (Fsp3) is 0.304. The largest absolute Gasteiger partial charge is 0.497 e. The molecule has 2 amide bonds. The van der Waals surface area contributed by atoms with Gasteiger partial charge in [-0.15, -0.1) is 0 Å². The number of hydrogen-bond acceptors (Lipinski definition) is 6. The maximum atomic E-state index is 13.1. The number of methoxy groups -OCH3 is 1. The second-order valence-electron chi connectivity index (χ2n) is 7.32. The van der Waals surface area contributed by atoms with E-state index in [4.69, 9.17) is 14.7 Å². The molecule has 0 radical (unpaired) electrons. The summed E-state index contributed by atoms with van der Waals surface area (Å²) in [6.45, 7) is 3.83. The highest BCUT2D eigenvalue weighted by atomic mass is 32.2. The summed E-state index contributed by atoms with van der Waals surface area (Å²) >= 11 is 1.25. The van der Waals surface area contributed by atoms with Crippen molar-refractivity contribution >= 4 is 46.0 Å². The van der Waals surface area contributed by atoms with Crippen LogP contribution in [0.5, 0.6) is 5.75 Å². The molecule has 7 nitrogen and oxygen atoms in total. The first-order valence-electron chi connectivity index (χ1n) is 10.2. The van der Waals surface area contributed by atoms with Gasteiger partial charge in [0.15, 0.2) is 5.17 Å². The third-order valence-electron chi connectivity index (χ3n) is 5.10. The average molecular weight is 437 g/mol. The first-order valence-corrected chi connectivity index (χ1v) is 11.1. The van der Waals surface area contributed by atoms with Gasteiger partial charge in [-0.1, -0.05) is 43.3 Å². The topological polar surface area (TPSA) is 83.4 Å². The summed E-state index contributed by atoms with van der Waals surface area (Å²) in [5, 5.41) is 2.90. The molecule has 2 aliphatic rings. The van der Waals surface area contributed by atoms with E-state index in [2.05, 4.69) is 5.32 Å². The number of anilines is 1. The molecule has 2 heterocycles. The maximum Gasteiger partial charge on any atom is 0.259 e. The number of aliphatic imine (C=N–C) groups is 2. The highest BCUT2D eigenvalue weighted by Crippen LogP contribution is 2.35. The van der Waals surface area contributed by atoms with Crippen molar-refractivity contribution in [3.63, 3.8) is 0 Å². The van der Waals surface area contributed by atoms with Crippen molar-refractivity contribution in [2.24, 2.45) is 9.98 Å². The minimum atomic E-state index is -0.477. The van der Waals surface area contributed by atoms with Crippen LogP contribution in [0.3, 0.4) is 0 Å². The van der Waals surface area contributed by atoms with Crippen LogP contribution < -0.4 is 10.1 Å². The van der Waals surface area contributed by atoms with E-state index in [-0.39, 0.29) is 11.8 Å². The van der Waals surface area contributed by atoms with Gasteiger partial charge in [0.2, 0.25) is 5.91 Å². The second kappa shape index (κ2) is 8.93. The number of benzene rings is 2. The number of ether oxygens (including phenoxy) is 1. The van der Waals surface area contributed by atoms with Crippen LogP contribution in [0.25, 0.3) is 0 Å². The number of hydrogen-bond donors (Lipinski definition) is 1. The molecule has 0 saturated carbocycles. The summed E-state index contributed by atoms with van der Waals surface area (Å²) < 4.78 is 5.21. The zero-order chi connectivity index (χ0) is 22.0. The monoisotopic (exact) mass is 436 g/mol. The van der Waals surface area contributed by atoms with E-state index >= 15 is 0 Å². The lowest BCUT2D eigenvalue weighted by Crippen LogP contribution is -2.42. The Morgan fingerprint density at radius 2 is 2.06 bits per heavy atom. The van der Waals surface area contributed by atoms with Crippen LogP contribution in [0.2, 0.25) is 0 Å². The molecule has 4 rings (SSSR count). The molecular weight excluding hydrogens is 412 g/mol. The van der Waals surface area contributed by atoms with Crippen molar-refractivity contribution in [3.05, 3.63) is 54.1 Å². The van der Waals surface area contributed by atoms with E-state index in [1.54, 1.807) is 31.1 Å². The molecule has 2 atom stereocenters. The number of rotatable bonds is 6. The number of nitrogens with zero attached hydrogens (tertiary/aromatic N) is 3. The summed E-state index contributed by atoms with van der Waals surface area (Å²) in [4.78, 5) is 36.8. The van der Waals surface area contributed by atoms with E-state index in [1.807, 2.05) is 43.3 Å². The number of carbonyl (C=O) groups excluding carboxylic acids is 2. The Morgan fingerprint density at radius 3 is 2.84 bits per heavy atom. The lowest BCUT2D eigenvalue weighted by molar-refractivity contribution is -0.124. The number of fused-ring (bicyclic) bond motifs is 3. The number of nitrogens with one attached hydrogen (secondary N) is 1. The molecule has 2 aromatic carbocycles. The SMILES string of the molecule is CCC[C@H]1N=C2c3ccccc3N=C(S[C@H](C)C(=O)Nc3cccc(OC)c3)N2C1=O. The predicted octanol–water partition coefficient (Wildman–Crippen LogP) is 4.21. The zero-order valence-electron chi connectivity index (χ0n) is 17.7. The van der Waals surface area contributed by atoms with Crippen molar-refractivity contribution in [1.29, 1.82) is 0 Å². The minimum Gasteiger partial charge on any atom is -0.497 e. The standard InChI is InChI=1S/C23H24N4O3S/c1-4-8-19-22(29)27-20(25-19)17-11-5-6-12-18(17)26-23(27)31-14(2)21(28)24-15-9-7-10-16(13-15)30-3/h5-7,9-14,19H,4,8H2,1-3H3,(H,24,28)/t14-,19-/m1/s1. The van der Waals surface area contributed by atoms with Gasteiger partial charge in [-0.2, -0.15) is 0 Å². The number of amidine groups is 2. The number of carbonyl (C=O) groups is 2. The zero-order valence-corrected chi connectivity index (χ0v) is 18.5. The van der Waals surface area contributed by atoms with Crippen molar-refractivity contribution in [1.82, 2.24) is 4.90 Å². The van der Waals surface area contributed by atoms with E-state index in [9.17, 15) is 9.59 Å². The van der Waals surface area contributed by atoms with Gasteiger partial charge in [-0.25, -0.2) is 9.89 Å². The molecule has 8 heteroatoms. The molecule has 0 spiro atoms. The van der Waals surface area contributed by atoms with Crippen molar-refractivity contribution in [2.75, 3.05) is 12.4 Å². The molecule has 31 heavy (non-hydrogen) atoms. The molecule has 0 aliphatic carbocycles. The summed E-state index contributed by atoms with van der Waals surface area (Å²) in [6, 6.07) is 14.4. The Balaban J connectivity index is 1.57. The Labute approximate surface area is 185 Å². The minimum absolute atomic E-state index is 0.0852. The van der Waals surface area contributed by atoms with E-state index < -0.39 is 11.3 Å². The Hall–Kier alpha value is -3.13. The van der Waals surface area contributed by atoms with Crippen LogP contribution >= 0.6 is 11.8 Å². The van der Waals surface area contributed by atoms with Crippen LogP contribution in [0.1, 0.15) is 32.3 Å². The fourth-order valence-electron chi connectivity index (χ4n) is 3.50. The van der Waals surface area contributed by atoms with Gasteiger partial charge in [0.05, 0.1) is 18.0 Å². The van der Waals surface area contributed by atoms with Gasteiger partial charge in [0, 0.05) is 17.3 Å². The molecule has 0 unspecified atom stereocenters. The quantitative estimate of drug-likeness (QED) is 0.735. The fourth-order valence-corrected chi connectivity index (χ4v) is 4.41. The Morgan fingerprint density at radius 1 is 1.26 bits per heavy atom. The number of thioether (sulfide) groups is 1. The Bertz CT molecular complexity index is 1080. The van der Waals surface area contributed by atoms with Crippen LogP contribution in [0, 0.1) is 0 Å². The highest BCUT2D eigenvalue weighted by molar-refractivity contribution is 8.15. The summed E-state index contributed by atoms with van der Waals surface area (Å²) in [5.74, 6) is 1.02. The van der Waals surface area contributed by atoms with Gasteiger partial charge in [-0.3, -0.25) is 14.6 Å². The van der Waals surface area contributed by atoms with E-state index in [0.29, 0.717) is 28.9 Å². The summed E-state index contributed by atoms with van der Waals surface area (Å²) in [5.41, 5.74) is 2.24. The molecule has 0 saturated heterocycles. The van der Waals surface area contributed by atoms with Gasteiger partial charge < -0.3 is 10.1 Å². The average Bonchev–Trinajstić information content (AvgIpc) is 3.11. The first kappa shape index (κ1) is 21.1. The number of para-hydroxylation sites is 1. The smallest absolute Gasteiger partial charge is 0.259 e. The van der Waals surface area contributed by atoms with Crippen LogP contribution in [-0.2, 0) is 9.59 Å². The third kappa shape index (κ3) is 4.20. The van der Waals surface area contributed by atoms with Gasteiger partial charge in [0.1, 0.15) is 17.6 Å². The van der Waals surface area contributed by atoms with Gasteiger partial charge in [-0.05, 0) is 37.6 Å². The van der Waals surface area contributed by atoms with Gasteiger partial charge >= 0.3 is 0 Å². The summed E-state index contributed by atoms with van der Waals surface area (Å²) in [6.07, 6.45) is 1.55. The van der Waals surface area contributed by atoms with Crippen molar-refractivity contribution in [3.8, 4) is 5.75 Å². The molecule has 1 N–H and O–H groups in total. The van der Waals surface area contributed by atoms with Crippen LogP contribution in [0.4, 0.5) is 11.4 Å². The molecule has 0 fully saturated rings. The number of amides is 2. The third-order valence-corrected chi connectivity index (χ3v) is 6.15. The lowest BCUT2D eigenvalue weighted by Gasteiger charge is -2.26. The Kier molecular flexibility index (Phi) is 6.08. The van der Waals surface area contributed by atoms with Crippen molar-refractivity contribution < 1.29 is 14.3 Å². The van der Waals surface area contributed by atoms with Gasteiger partial charge in [0.25, 0.3) is 5.91 Å². The lowest BCUT2D eigenvalue weighted by atomic mass is 10.1. The molecular formula is C23H24N4O3S. The molecule has 160 valence electrons. The van der Waals surface area contributed by atoms with Crippen LogP contribution in [0.15, 0.2) is 58.5 Å². The molecule has 0 aromatic heterocycles. The first-order chi connectivity index (χ1) is 15.0. The second-order valence-corrected chi connectivity index (χ2v) is 8.63. The maximum absolute atomic E-state index is 13.1. The van der Waals surface area contributed by atoms with Crippen molar-refractivity contribution in [2.45, 2.75) is 38.0 Å². The van der Waals surface area contributed by atoms with E-state index in [0.717, 1.165) is 17.7 Å². The summed E-state index contributed by atoms with van der Waals surface area (Å²) in [7, 11) is 1.58.